The first-order valence-corrected chi connectivity index (χ1v) is 11.1. The first-order valence-electron chi connectivity index (χ1n) is 8.33. The van der Waals surface area contributed by atoms with Gasteiger partial charge in [-0.05, 0) is 39.2 Å². The Kier molecular flexibility index (Phi) is 8.27. The molecule has 0 aliphatic heterocycles. The molecule has 0 spiro atoms. The monoisotopic (exact) mass is 452 g/mol. The van der Waals surface area contributed by atoms with Crippen LogP contribution in [-0.2, 0) is 19.4 Å². The summed E-state index contributed by atoms with van der Waals surface area (Å²) in [6.07, 6.45) is -0.590. The fraction of sp³-hybridized carbons (Fsp3) is 0.562. The molecule has 1 aromatic heterocycles. The molecule has 0 aliphatic rings. The minimum atomic E-state index is -3.71. The molecular formula is C16H25ClN4O5S2. The van der Waals surface area contributed by atoms with Crippen LogP contribution in [0.25, 0.3) is 0 Å². The largest absolute Gasteiger partial charge is 0.444 e. The average Bonchev–Trinajstić information content (AvgIpc) is 2.90. The SMILES string of the molecule is CC(C)C[C@H](NC(=O)OC(C)(C)C)C(=O)N=S(=O)(NC(N)=O)c1csc(Cl)c1. The van der Waals surface area contributed by atoms with E-state index >= 15 is 0 Å². The van der Waals surface area contributed by atoms with E-state index in [2.05, 4.69) is 9.68 Å². The molecule has 0 aromatic carbocycles. The van der Waals surface area contributed by atoms with Crippen molar-refractivity contribution in [1.82, 2.24) is 10.0 Å². The highest BCUT2D eigenvalue weighted by Crippen LogP contribution is 2.25. The number of nitrogens with one attached hydrogen (secondary N) is 2. The maximum absolute atomic E-state index is 13.1. The van der Waals surface area contributed by atoms with Crippen molar-refractivity contribution in [3.8, 4) is 0 Å². The third-order valence-electron chi connectivity index (χ3n) is 3.02. The predicted molar refractivity (Wildman–Crippen MR) is 109 cm³/mol. The van der Waals surface area contributed by atoms with Gasteiger partial charge in [-0.3, -0.25) is 4.79 Å². The lowest BCUT2D eigenvalue weighted by atomic mass is 10.0. The standard InChI is InChI=1S/C16H25ClN4O5S2/c1-9(2)6-11(19-15(24)26-16(3,4)5)13(22)20-28(25,21-14(18)23)10-7-12(17)27-8-10/h7-9,11H,6H2,1-5H3,(H,19,24)(H3,18,20,21,22,23,25)/t11-,28?/m0/s1. The Hall–Kier alpha value is -1.85. The lowest BCUT2D eigenvalue weighted by Crippen LogP contribution is -2.44. The summed E-state index contributed by atoms with van der Waals surface area (Å²) in [5.41, 5.74) is 4.32. The molecule has 158 valence electrons. The highest BCUT2D eigenvalue weighted by molar-refractivity contribution is 7.92. The second kappa shape index (κ2) is 9.57. The van der Waals surface area contributed by atoms with Crippen LogP contribution >= 0.6 is 22.9 Å². The number of nitrogens with two attached hydrogens (primary N) is 1. The van der Waals surface area contributed by atoms with E-state index in [0.717, 1.165) is 11.3 Å². The number of primary amides is 1. The number of amides is 4. The van der Waals surface area contributed by atoms with Gasteiger partial charge in [0, 0.05) is 5.38 Å². The Morgan fingerprint density at radius 2 is 1.96 bits per heavy atom. The number of carbonyl (C=O) groups is 3. The fourth-order valence-corrected chi connectivity index (χ4v) is 4.79. The molecule has 0 saturated carbocycles. The Labute approximate surface area is 173 Å². The van der Waals surface area contributed by atoms with Crippen LogP contribution in [-0.4, -0.2) is 33.9 Å². The number of nitrogens with zero attached hydrogens (tertiary/aromatic N) is 1. The fourth-order valence-electron chi connectivity index (χ4n) is 2.04. The van der Waals surface area contributed by atoms with Crippen LogP contribution in [0, 0.1) is 5.92 Å². The summed E-state index contributed by atoms with van der Waals surface area (Å²) in [6, 6.07) is -0.899. The summed E-state index contributed by atoms with van der Waals surface area (Å²) in [6.45, 7) is 8.73. The smallest absolute Gasteiger partial charge is 0.408 e. The zero-order valence-electron chi connectivity index (χ0n) is 16.3. The zero-order valence-corrected chi connectivity index (χ0v) is 18.7. The number of hydrogen-bond acceptors (Lipinski definition) is 6. The number of hydrogen-bond donors (Lipinski definition) is 3. The second-order valence-corrected chi connectivity index (χ2v) is 10.8. The maximum Gasteiger partial charge on any atom is 0.408 e. The Morgan fingerprint density at radius 3 is 2.39 bits per heavy atom. The molecule has 1 rings (SSSR count). The molecule has 0 radical (unpaired) electrons. The minimum absolute atomic E-state index is 0.00910. The molecule has 12 heteroatoms. The van der Waals surface area contributed by atoms with Gasteiger partial charge in [0.2, 0.25) is 0 Å². The van der Waals surface area contributed by atoms with Crippen molar-refractivity contribution in [2.75, 3.05) is 0 Å². The molecule has 0 bridgehead atoms. The van der Waals surface area contributed by atoms with Gasteiger partial charge in [-0.25, -0.2) is 18.5 Å². The van der Waals surface area contributed by atoms with E-state index in [4.69, 9.17) is 22.1 Å². The van der Waals surface area contributed by atoms with Crippen LogP contribution in [0.1, 0.15) is 41.0 Å². The number of halogens is 1. The number of ether oxygens (including phenoxy) is 1. The van der Waals surface area contributed by atoms with Gasteiger partial charge in [-0.1, -0.05) is 25.4 Å². The number of urea groups is 1. The third-order valence-corrected chi connectivity index (χ3v) is 6.05. The van der Waals surface area contributed by atoms with Crippen LogP contribution in [0.3, 0.4) is 0 Å². The van der Waals surface area contributed by atoms with E-state index in [9.17, 15) is 18.6 Å². The van der Waals surface area contributed by atoms with Crippen molar-refractivity contribution in [2.45, 2.75) is 57.6 Å². The molecule has 0 saturated heterocycles. The summed E-state index contributed by atoms with van der Waals surface area (Å²) in [5.74, 6) is -0.879. The maximum atomic E-state index is 13.1. The van der Waals surface area contributed by atoms with Gasteiger partial charge in [-0.15, -0.1) is 15.7 Å². The first-order chi connectivity index (χ1) is 12.7. The van der Waals surface area contributed by atoms with Gasteiger partial charge in [-0.2, -0.15) is 0 Å². The predicted octanol–water partition coefficient (Wildman–Crippen LogP) is 3.28. The van der Waals surface area contributed by atoms with E-state index in [1.54, 1.807) is 20.8 Å². The summed E-state index contributed by atoms with van der Waals surface area (Å²) in [5, 5.41) is 3.84. The lowest BCUT2D eigenvalue weighted by Gasteiger charge is -2.23. The average molecular weight is 453 g/mol. The first kappa shape index (κ1) is 24.2. The molecule has 1 unspecified atom stereocenters. The summed E-state index contributed by atoms with van der Waals surface area (Å²) >= 11 is 6.90. The van der Waals surface area contributed by atoms with Crippen molar-refractivity contribution in [3.63, 3.8) is 0 Å². The van der Waals surface area contributed by atoms with Crippen LogP contribution in [0.2, 0.25) is 4.34 Å². The lowest BCUT2D eigenvalue weighted by molar-refractivity contribution is -0.120. The molecule has 9 nitrogen and oxygen atoms in total. The van der Waals surface area contributed by atoms with E-state index in [-0.39, 0.29) is 17.2 Å². The minimum Gasteiger partial charge on any atom is -0.444 e. The van der Waals surface area contributed by atoms with E-state index in [1.807, 2.05) is 18.6 Å². The Morgan fingerprint density at radius 1 is 1.36 bits per heavy atom. The summed E-state index contributed by atoms with van der Waals surface area (Å²) < 4.78 is 24.3. The van der Waals surface area contributed by atoms with Crippen LogP contribution in [0.4, 0.5) is 9.59 Å². The zero-order chi connectivity index (χ0) is 21.7. The van der Waals surface area contributed by atoms with Gasteiger partial charge in [0.15, 0.2) is 9.92 Å². The molecule has 0 aliphatic carbocycles. The highest BCUT2D eigenvalue weighted by atomic mass is 35.5. The summed E-state index contributed by atoms with van der Waals surface area (Å²) in [4.78, 5) is 36.1. The van der Waals surface area contributed by atoms with Crippen LogP contribution < -0.4 is 15.8 Å². The normalized spacial score (nSPS) is 14.7. The number of alkyl carbamates (subject to hydrolysis) is 1. The molecular weight excluding hydrogens is 428 g/mol. The quantitative estimate of drug-likeness (QED) is 0.607. The van der Waals surface area contributed by atoms with Crippen molar-refractivity contribution < 1.29 is 23.3 Å². The van der Waals surface area contributed by atoms with Crippen molar-refractivity contribution in [1.29, 1.82) is 0 Å². The van der Waals surface area contributed by atoms with Crippen LogP contribution in [0.15, 0.2) is 20.7 Å². The molecule has 2 atom stereocenters. The van der Waals surface area contributed by atoms with Gasteiger partial charge >= 0.3 is 12.1 Å². The van der Waals surface area contributed by atoms with Crippen LogP contribution in [0.5, 0.6) is 0 Å². The van der Waals surface area contributed by atoms with Gasteiger partial charge in [0.1, 0.15) is 11.6 Å². The summed E-state index contributed by atoms with van der Waals surface area (Å²) in [7, 11) is -3.71. The third kappa shape index (κ3) is 8.03. The highest BCUT2D eigenvalue weighted by Gasteiger charge is 2.28. The number of carbonyl (C=O) groups excluding carboxylic acids is 3. The molecule has 0 fully saturated rings. The molecule has 28 heavy (non-hydrogen) atoms. The van der Waals surface area contributed by atoms with Crippen molar-refractivity contribution >= 4 is 50.9 Å². The van der Waals surface area contributed by atoms with Crippen molar-refractivity contribution in [3.05, 3.63) is 15.8 Å². The molecule has 4 amide bonds. The van der Waals surface area contributed by atoms with E-state index in [1.165, 1.54) is 11.4 Å². The second-order valence-electron chi connectivity index (χ2n) is 7.34. The van der Waals surface area contributed by atoms with E-state index < -0.39 is 39.6 Å². The van der Waals surface area contributed by atoms with Gasteiger partial charge < -0.3 is 15.8 Å². The Balaban J connectivity index is 3.24. The molecule has 1 heterocycles. The van der Waals surface area contributed by atoms with Gasteiger partial charge in [0.25, 0.3) is 5.91 Å². The van der Waals surface area contributed by atoms with Crippen molar-refractivity contribution in [2.24, 2.45) is 16.0 Å². The number of rotatable bonds is 6. The topological polar surface area (TPSA) is 140 Å². The number of thiophene rings is 1. The van der Waals surface area contributed by atoms with E-state index in [0.29, 0.717) is 4.34 Å². The van der Waals surface area contributed by atoms with Gasteiger partial charge in [0.05, 0.1) is 9.23 Å². The Bertz CT molecular complexity index is 853. The molecule has 4 N–H and O–H groups in total. The molecule has 1 aromatic rings.